The molecule has 0 aromatic heterocycles. The van der Waals surface area contributed by atoms with Crippen molar-refractivity contribution in [2.45, 2.75) is 54.1 Å². The summed E-state index contributed by atoms with van der Waals surface area (Å²) in [6, 6.07) is 6.10. The van der Waals surface area contributed by atoms with Crippen molar-refractivity contribution in [2.24, 2.45) is 0 Å². The van der Waals surface area contributed by atoms with Crippen LogP contribution in [0.3, 0.4) is 0 Å². The van der Waals surface area contributed by atoms with Crippen molar-refractivity contribution in [3.8, 4) is 0 Å². The average Bonchev–Trinajstić information content (AvgIpc) is 2.66. The SMILES string of the molecule is FC(F)(F)C(F)(F)C(F)(F)C(F)(F)C(F)(F)C(F)(F)C(F)(F)C(F)(F)CCNc1ccccc1. The fourth-order valence-electron chi connectivity index (χ4n) is 2.27. The zero-order valence-corrected chi connectivity index (χ0v) is 15.7. The van der Waals surface area contributed by atoms with Gasteiger partial charge < -0.3 is 5.32 Å². The molecule has 0 aliphatic heterocycles. The monoisotopic (exact) mass is 539 g/mol. The summed E-state index contributed by atoms with van der Waals surface area (Å²) in [6.45, 7) is -1.42. The van der Waals surface area contributed by atoms with Gasteiger partial charge in [0.15, 0.2) is 0 Å². The van der Waals surface area contributed by atoms with Crippen molar-refractivity contribution < 1.29 is 74.6 Å². The molecule has 0 saturated carbocycles. The second kappa shape index (κ2) is 8.49. The summed E-state index contributed by atoms with van der Waals surface area (Å²) < 4.78 is 223. The molecule has 0 unspecified atom stereocenters. The molecule has 0 heterocycles. The van der Waals surface area contributed by atoms with E-state index in [1.165, 1.54) is 18.2 Å². The molecule has 1 rings (SSSR count). The maximum atomic E-state index is 13.7. The summed E-state index contributed by atoms with van der Waals surface area (Å²) in [4.78, 5) is 0. The van der Waals surface area contributed by atoms with Gasteiger partial charge in [-0.2, -0.15) is 74.6 Å². The van der Waals surface area contributed by atoms with Crippen LogP contribution in [0.15, 0.2) is 30.3 Å². The van der Waals surface area contributed by atoms with Crippen molar-refractivity contribution in [1.82, 2.24) is 0 Å². The molecule has 1 aromatic carbocycles. The number of rotatable bonds is 10. The van der Waals surface area contributed by atoms with Crippen molar-refractivity contribution in [2.75, 3.05) is 11.9 Å². The highest BCUT2D eigenvalue weighted by Crippen LogP contribution is 2.64. The number of alkyl halides is 17. The van der Waals surface area contributed by atoms with E-state index in [0.29, 0.717) is 0 Å². The predicted octanol–water partition coefficient (Wildman–Crippen LogP) is 7.50. The molecule has 1 N–H and O–H groups in total. The number of hydrogen-bond acceptors (Lipinski definition) is 1. The van der Waals surface area contributed by atoms with Crippen LogP contribution in [0.4, 0.5) is 80.3 Å². The van der Waals surface area contributed by atoms with E-state index in [1.54, 1.807) is 0 Å². The van der Waals surface area contributed by atoms with Gasteiger partial charge in [-0.1, -0.05) is 18.2 Å². The summed E-state index contributed by atoms with van der Waals surface area (Å²) in [7, 11) is 0. The molecule has 198 valence electrons. The van der Waals surface area contributed by atoms with E-state index in [2.05, 4.69) is 0 Å². The molecule has 0 bridgehead atoms. The Kier molecular flexibility index (Phi) is 7.46. The molecule has 0 aliphatic carbocycles. The first-order valence-corrected chi connectivity index (χ1v) is 8.33. The van der Waals surface area contributed by atoms with Crippen molar-refractivity contribution in [3.05, 3.63) is 30.3 Å². The lowest BCUT2D eigenvalue weighted by atomic mass is 9.88. The summed E-state index contributed by atoms with van der Waals surface area (Å²) >= 11 is 0. The lowest BCUT2D eigenvalue weighted by molar-refractivity contribution is -0.461. The Morgan fingerprint density at radius 2 is 0.824 bits per heavy atom. The molecule has 0 amide bonds. The van der Waals surface area contributed by atoms with Gasteiger partial charge in [-0.05, 0) is 12.1 Å². The van der Waals surface area contributed by atoms with Gasteiger partial charge in [0.25, 0.3) is 0 Å². The Balaban J connectivity index is 3.36. The van der Waals surface area contributed by atoms with Gasteiger partial charge in [0.2, 0.25) is 0 Å². The highest BCUT2D eigenvalue weighted by molar-refractivity contribution is 5.42. The third-order valence-corrected chi connectivity index (χ3v) is 4.33. The number of para-hydroxylation sites is 1. The van der Waals surface area contributed by atoms with E-state index in [0.717, 1.165) is 12.1 Å². The van der Waals surface area contributed by atoms with Gasteiger partial charge in [-0.25, -0.2) is 0 Å². The molecule has 0 atom stereocenters. The van der Waals surface area contributed by atoms with E-state index in [-0.39, 0.29) is 5.69 Å². The maximum absolute atomic E-state index is 13.7. The van der Waals surface area contributed by atoms with Gasteiger partial charge in [0.05, 0.1) is 0 Å². The van der Waals surface area contributed by atoms with Crippen molar-refractivity contribution in [3.63, 3.8) is 0 Å². The number of nitrogens with one attached hydrogen (secondary N) is 1. The van der Waals surface area contributed by atoms with E-state index < -0.39 is 60.6 Å². The lowest BCUT2D eigenvalue weighted by Gasteiger charge is -2.42. The van der Waals surface area contributed by atoms with Crippen LogP contribution in [0.1, 0.15) is 6.42 Å². The zero-order valence-electron chi connectivity index (χ0n) is 15.7. The van der Waals surface area contributed by atoms with Gasteiger partial charge in [0, 0.05) is 18.7 Å². The van der Waals surface area contributed by atoms with Crippen LogP contribution in [-0.4, -0.2) is 54.2 Å². The van der Waals surface area contributed by atoms with Crippen LogP contribution in [0.25, 0.3) is 0 Å². The Bertz CT molecular complexity index is 828. The van der Waals surface area contributed by atoms with E-state index in [1.807, 2.05) is 5.32 Å². The lowest BCUT2D eigenvalue weighted by Crippen LogP contribution is -2.74. The molecule has 1 aromatic rings. The topological polar surface area (TPSA) is 12.0 Å². The van der Waals surface area contributed by atoms with Crippen LogP contribution in [-0.2, 0) is 0 Å². The van der Waals surface area contributed by atoms with Crippen molar-refractivity contribution in [1.29, 1.82) is 0 Å². The van der Waals surface area contributed by atoms with Crippen molar-refractivity contribution >= 4 is 5.69 Å². The predicted molar refractivity (Wildman–Crippen MR) is 80.2 cm³/mol. The maximum Gasteiger partial charge on any atom is 0.460 e. The molecule has 0 aliphatic rings. The highest BCUT2D eigenvalue weighted by atomic mass is 19.4. The minimum absolute atomic E-state index is 0.112. The van der Waals surface area contributed by atoms with Gasteiger partial charge in [-0.15, -0.1) is 0 Å². The Labute approximate surface area is 177 Å². The molecule has 34 heavy (non-hydrogen) atoms. The molecule has 0 saturated heterocycles. The summed E-state index contributed by atoms with van der Waals surface area (Å²) in [5.41, 5.74) is -0.112. The molecule has 0 spiro atoms. The minimum atomic E-state index is -8.61. The van der Waals surface area contributed by atoms with Gasteiger partial charge in [0.1, 0.15) is 0 Å². The fraction of sp³-hybridized carbons (Fsp3) is 0.625. The first-order chi connectivity index (χ1) is 14.8. The summed E-state index contributed by atoms with van der Waals surface area (Å²) in [5, 5.41) is 1.92. The highest BCUT2D eigenvalue weighted by Gasteiger charge is 2.95. The number of anilines is 1. The second-order valence-corrected chi connectivity index (χ2v) is 6.69. The molecule has 1 nitrogen and oxygen atoms in total. The van der Waals surface area contributed by atoms with Crippen LogP contribution in [0.5, 0.6) is 0 Å². The average molecular weight is 539 g/mol. The third kappa shape index (κ3) is 4.31. The summed E-state index contributed by atoms with van der Waals surface area (Å²) in [6.07, 6.45) is -10.3. The molecule has 0 fully saturated rings. The smallest absolute Gasteiger partial charge is 0.385 e. The number of benzene rings is 1. The largest absolute Gasteiger partial charge is 0.460 e. The quantitative estimate of drug-likeness (QED) is 0.304. The summed E-state index contributed by atoms with van der Waals surface area (Å²) in [5.74, 6) is -56.1. The molecular formula is C16H10F17N. The molecule has 18 heteroatoms. The third-order valence-electron chi connectivity index (χ3n) is 4.33. The molecule has 0 radical (unpaired) electrons. The van der Waals surface area contributed by atoms with Gasteiger partial charge in [-0.3, -0.25) is 0 Å². The zero-order chi connectivity index (χ0) is 27.2. The van der Waals surface area contributed by atoms with E-state index in [9.17, 15) is 74.6 Å². The van der Waals surface area contributed by atoms with Crippen LogP contribution >= 0.6 is 0 Å². The minimum Gasteiger partial charge on any atom is -0.385 e. The number of hydrogen-bond donors (Lipinski definition) is 1. The van der Waals surface area contributed by atoms with Gasteiger partial charge >= 0.3 is 47.6 Å². The first kappa shape index (κ1) is 29.9. The van der Waals surface area contributed by atoms with Crippen LogP contribution in [0, 0.1) is 0 Å². The Morgan fingerprint density at radius 3 is 1.21 bits per heavy atom. The van der Waals surface area contributed by atoms with E-state index in [4.69, 9.17) is 0 Å². The second-order valence-electron chi connectivity index (χ2n) is 6.69. The van der Waals surface area contributed by atoms with Crippen LogP contribution in [0.2, 0.25) is 0 Å². The van der Waals surface area contributed by atoms with Crippen LogP contribution < -0.4 is 5.32 Å². The Morgan fingerprint density at radius 1 is 0.471 bits per heavy atom. The van der Waals surface area contributed by atoms with E-state index >= 15 is 0 Å². The number of halogens is 17. The Hall–Kier alpha value is -2.17. The molecular weight excluding hydrogens is 529 g/mol. The first-order valence-electron chi connectivity index (χ1n) is 8.33. The fourth-order valence-corrected chi connectivity index (χ4v) is 2.27. The standard InChI is InChI=1S/C16H10F17N/c17-9(18,6-7-34-8-4-2-1-3-5-8)10(19,20)11(21,22)12(23,24)13(25,26)14(27,28)15(29,30)16(31,32)33/h1-5,34H,6-7H2. The normalized spacial score (nSPS) is 15.4.